The Balaban J connectivity index is 0.00000108. The molecule has 17 heavy (non-hydrogen) atoms. The smallest absolute Gasteiger partial charge is 0.169 e. The number of piperidine rings is 3. The Hall–Kier alpha value is -0.860. The van der Waals surface area contributed by atoms with Gasteiger partial charge in [0.25, 0.3) is 0 Å². The number of carbonyl (C=O) groups excluding carboxylic acids is 1. The number of halogens is 1. The van der Waals surface area contributed by atoms with E-state index in [1.54, 1.807) is 0 Å². The second-order valence-corrected chi connectivity index (χ2v) is 5.07. The number of nitrogens with zero attached hydrogens (tertiary/aromatic N) is 1. The molecule has 2 bridgehead atoms. The van der Waals surface area contributed by atoms with E-state index in [-0.39, 0.29) is 17.8 Å². The lowest BCUT2D eigenvalue weighted by Crippen LogP contribution is -2.51. The predicted molar refractivity (Wildman–Crippen MR) is 70.7 cm³/mol. The Morgan fingerprint density at radius 1 is 1.00 bits per heavy atom. The number of hydrogen-bond acceptors (Lipinski definition) is 2. The summed E-state index contributed by atoms with van der Waals surface area (Å²) in [6, 6.07) is 9.80. The fraction of sp³-hybridized carbons (Fsp3) is 0.500. The number of carbonyl (C=O) groups is 1. The van der Waals surface area contributed by atoms with Crippen LogP contribution in [-0.4, -0.2) is 30.3 Å². The normalized spacial score (nSPS) is 30.7. The zero-order chi connectivity index (χ0) is 11.0. The minimum Gasteiger partial charge on any atom is -0.303 e. The van der Waals surface area contributed by atoms with Gasteiger partial charge in [0.2, 0.25) is 0 Å². The summed E-state index contributed by atoms with van der Waals surface area (Å²) in [5.74, 6) is 0.382. The molecule has 3 aliphatic rings. The largest absolute Gasteiger partial charge is 0.303 e. The SMILES string of the molecule is Cl.O=C(c1ccccc1)C12CCN(CC1)CC2. The molecule has 3 saturated heterocycles. The summed E-state index contributed by atoms with van der Waals surface area (Å²) in [6.07, 6.45) is 3.17. The Morgan fingerprint density at radius 3 is 2.06 bits per heavy atom. The molecule has 0 amide bonds. The maximum atomic E-state index is 12.6. The first kappa shape index (κ1) is 12.6. The quantitative estimate of drug-likeness (QED) is 0.754. The maximum absolute atomic E-state index is 12.6. The third-order valence-corrected chi connectivity index (χ3v) is 4.24. The van der Waals surface area contributed by atoms with Crippen LogP contribution in [0.1, 0.15) is 29.6 Å². The van der Waals surface area contributed by atoms with Crippen molar-refractivity contribution in [2.45, 2.75) is 19.3 Å². The van der Waals surface area contributed by atoms with Gasteiger partial charge in [0.05, 0.1) is 0 Å². The van der Waals surface area contributed by atoms with E-state index in [0.717, 1.165) is 44.5 Å². The molecule has 0 unspecified atom stereocenters. The number of benzene rings is 1. The van der Waals surface area contributed by atoms with Gasteiger partial charge in [-0.2, -0.15) is 0 Å². The van der Waals surface area contributed by atoms with Crippen LogP contribution < -0.4 is 0 Å². The van der Waals surface area contributed by atoms with Crippen LogP contribution in [0.25, 0.3) is 0 Å². The van der Waals surface area contributed by atoms with Gasteiger partial charge in [0, 0.05) is 11.0 Å². The van der Waals surface area contributed by atoms with E-state index < -0.39 is 0 Å². The van der Waals surface area contributed by atoms with Gasteiger partial charge in [0.1, 0.15) is 0 Å². The van der Waals surface area contributed by atoms with Crippen molar-refractivity contribution >= 4 is 18.2 Å². The number of rotatable bonds is 2. The van der Waals surface area contributed by atoms with Gasteiger partial charge < -0.3 is 4.90 Å². The minimum atomic E-state index is -0.0316. The third kappa shape index (κ3) is 2.12. The van der Waals surface area contributed by atoms with Crippen LogP contribution in [0.5, 0.6) is 0 Å². The molecule has 1 aromatic rings. The lowest BCUT2D eigenvalue weighted by molar-refractivity contribution is 0.0252. The first-order chi connectivity index (χ1) is 7.80. The fourth-order valence-electron chi connectivity index (χ4n) is 3.06. The van der Waals surface area contributed by atoms with E-state index in [1.807, 2.05) is 30.3 Å². The van der Waals surface area contributed by atoms with Crippen molar-refractivity contribution in [2.75, 3.05) is 19.6 Å². The highest BCUT2D eigenvalue weighted by molar-refractivity contribution is 6.00. The average Bonchev–Trinajstić information content (AvgIpc) is 2.41. The van der Waals surface area contributed by atoms with Crippen LogP contribution in [0, 0.1) is 5.41 Å². The highest BCUT2D eigenvalue weighted by Crippen LogP contribution is 2.42. The molecule has 3 aliphatic heterocycles. The van der Waals surface area contributed by atoms with E-state index in [4.69, 9.17) is 0 Å². The molecule has 2 nitrogen and oxygen atoms in total. The van der Waals surface area contributed by atoms with Crippen molar-refractivity contribution < 1.29 is 4.79 Å². The number of Topliss-reactive ketones (excluding diaryl/α,β-unsaturated/α-hetero) is 1. The predicted octanol–water partition coefficient (Wildman–Crippen LogP) is 2.78. The summed E-state index contributed by atoms with van der Waals surface area (Å²) in [5, 5.41) is 0. The van der Waals surface area contributed by atoms with E-state index in [9.17, 15) is 4.79 Å². The first-order valence-electron chi connectivity index (χ1n) is 6.12. The van der Waals surface area contributed by atoms with Crippen LogP contribution in [0.2, 0.25) is 0 Å². The Labute approximate surface area is 108 Å². The van der Waals surface area contributed by atoms with E-state index >= 15 is 0 Å². The van der Waals surface area contributed by atoms with Crippen molar-refractivity contribution in [1.82, 2.24) is 4.90 Å². The summed E-state index contributed by atoms with van der Waals surface area (Å²) >= 11 is 0. The van der Waals surface area contributed by atoms with Gasteiger partial charge in [0.15, 0.2) is 5.78 Å². The second kappa shape index (κ2) is 4.79. The number of fused-ring (bicyclic) bond motifs is 3. The van der Waals surface area contributed by atoms with Crippen LogP contribution in [0.4, 0.5) is 0 Å². The van der Waals surface area contributed by atoms with Gasteiger partial charge >= 0.3 is 0 Å². The zero-order valence-corrected chi connectivity index (χ0v) is 10.7. The molecule has 0 saturated carbocycles. The van der Waals surface area contributed by atoms with Gasteiger partial charge in [-0.15, -0.1) is 12.4 Å². The van der Waals surface area contributed by atoms with E-state index in [0.29, 0.717) is 5.78 Å². The van der Waals surface area contributed by atoms with Crippen molar-refractivity contribution in [3.05, 3.63) is 35.9 Å². The first-order valence-corrected chi connectivity index (χ1v) is 6.12. The summed E-state index contributed by atoms with van der Waals surface area (Å²) in [6.45, 7) is 3.33. The second-order valence-electron chi connectivity index (χ2n) is 5.07. The molecule has 0 aliphatic carbocycles. The monoisotopic (exact) mass is 251 g/mol. The van der Waals surface area contributed by atoms with Gasteiger partial charge in [-0.1, -0.05) is 30.3 Å². The molecule has 4 rings (SSSR count). The highest BCUT2D eigenvalue weighted by Gasteiger charge is 2.44. The van der Waals surface area contributed by atoms with Crippen LogP contribution >= 0.6 is 12.4 Å². The molecule has 1 aromatic carbocycles. The standard InChI is InChI=1S/C14H17NO.ClH/c16-13(12-4-2-1-3-5-12)14-6-9-15(10-7-14)11-8-14;/h1-5H,6-11H2;1H. The highest BCUT2D eigenvalue weighted by atomic mass is 35.5. The molecule has 3 heteroatoms. The number of hydrogen-bond donors (Lipinski definition) is 0. The average molecular weight is 252 g/mol. The molecule has 0 spiro atoms. The van der Waals surface area contributed by atoms with Gasteiger partial charge in [-0.05, 0) is 38.9 Å². The van der Waals surface area contributed by atoms with E-state index in [2.05, 4.69) is 4.90 Å². The molecular weight excluding hydrogens is 234 g/mol. The molecular formula is C14H18ClNO. The van der Waals surface area contributed by atoms with Gasteiger partial charge in [-0.25, -0.2) is 0 Å². The van der Waals surface area contributed by atoms with E-state index in [1.165, 1.54) is 0 Å². The van der Waals surface area contributed by atoms with Crippen molar-refractivity contribution in [1.29, 1.82) is 0 Å². The molecule has 0 aromatic heterocycles. The molecule has 92 valence electrons. The Kier molecular flexibility index (Phi) is 3.55. The van der Waals surface area contributed by atoms with Gasteiger partial charge in [-0.3, -0.25) is 4.79 Å². The fourth-order valence-corrected chi connectivity index (χ4v) is 3.06. The molecule has 3 heterocycles. The van der Waals surface area contributed by atoms with Crippen molar-refractivity contribution in [3.8, 4) is 0 Å². The third-order valence-electron chi connectivity index (χ3n) is 4.24. The lowest BCUT2D eigenvalue weighted by Gasteiger charge is -2.47. The number of ketones is 1. The van der Waals surface area contributed by atoms with Crippen LogP contribution in [-0.2, 0) is 0 Å². The summed E-state index contributed by atoms with van der Waals surface area (Å²) < 4.78 is 0. The van der Waals surface area contributed by atoms with Crippen LogP contribution in [0.3, 0.4) is 0 Å². The topological polar surface area (TPSA) is 20.3 Å². The molecule has 0 N–H and O–H groups in total. The van der Waals surface area contributed by atoms with Crippen LogP contribution in [0.15, 0.2) is 30.3 Å². The lowest BCUT2D eigenvalue weighted by atomic mass is 9.67. The Morgan fingerprint density at radius 2 is 1.53 bits per heavy atom. The molecule has 3 fully saturated rings. The summed E-state index contributed by atoms with van der Waals surface area (Å²) in [4.78, 5) is 15.0. The zero-order valence-electron chi connectivity index (χ0n) is 9.89. The maximum Gasteiger partial charge on any atom is 0.169 e. The molecule has 0 atom stereocenters. The Bertz CT molecular complexity index is 382. The van der Waals surface area contributed by atoms with Crippen molar-refractivity contribution in [3.63, 3.8) is 0 Å². The summed E-state index contributed by atoms with van der Waals surface area (Å²) in [5.41, 5.74) is 0.869. The molecule has 0 radical (unpaired) electrons. The minimum absolute atomic E-state index is 0. The van der Waals surface area contributed by atoms with Crippen molar-refractivity contribution in [2.24, 2.45) is 5.41 Å². The summed E-state index contributed by atoms with van der Waals surface area (Å²) in [7, 11) is 0.